The third kappa shape index (κ3) is 3.71. The molecule has 4 heteroatoms. The molecule has 6 rings (SSSR count). The standard InChI is InChI=1S/C31H34O3S/c1-30-18-16-25(32)29(34-20-9-5-3-6-10-20)24(30)19-26(35-21-11-7-4-8-12-21)28-22-13-14-27(33)31(22,2)17-15-23(28)30/h3-12,22-23,26,28H,13-19H2,1-2H3/t22?,23?,26-,28?,30?,31?/m1/s1. The maximum absolute atomic E-state index is 13.3. The summed E-state index contributed by atoms with van der Waals surface area (Å²) < 4.78 is 6.37. The summed E-state index contributed by atoms with van der Waals surface area (Å²) in [6, 6.07) is 20.4. The van der Waals surface area contributed by atoms with E-state index in [1.807, 2.05) is 42.1 Å². The number of para-hydroxylation sites is 1. The molecule has 6 atom stereocenters. The molecule has 4 aliphatic rings. The van der Waals surface area contributed by atoms with E-state index in [0.29, 0.717) is 41.0 Å². The van der Waals surface area contributed by atoms with E-state index >= 15 is 0 Å². The summed E-state index contributed by atoms with van der Waals surface area (Å²) in [5.74, 6) is 3.33. The minimum absolute atomic E-state index is 0.0522. The van der Waals surface area contributed by atoms with Gasteiger partial charge in [-0.25, -0.2) is 0 Å². The van der Waals surface area contributed by atoms with Gasteiger partial charge in [0.15, 0.2) is 11.5 Å². The lowest BCUT2D eigenvalue weighted by Gasteiger charge is -2.59. The van der Waals surface area contributed by atoms with Gasteiger partial charge < -0.3 is 4.74 Å². The average molecular weight is 487 g/mol. The molecule has 4 aliphatic carbocycles. The lowest BCUT2D eigenvalue weighted by atomic mass is 9.47. The number of hydrogen-bond donors (Lipinski definition) is 0. The Morgan fingerprint density at radius 1 is 0.829 bits per heavy atom. The summed E-state index contributed by atoms with van der Waals surface area (Å²) in [5.41, 5.74) is 0.992. The number of carbonyl (C=O) groups excluding carboxylic acids is 2. The van der Waals surface area contributed by atoms with E-state index in [1.54, 1.807) is 0 Å². The Hall–Kier alpha value is -2.33. The lowest BCUT2D eigenvalue weighted by molar-refractivity contribution is -0.132. The molecule has 182 valence electrons. The molecule has 0 bridgehead atoms. The molecule has 0 aliphatic heterocycles. The third-order valence-corrected chi connectivity index (χ3v) is 11.1. The van der Waals surface area contributed by atoms with E-state index < -0.39 is 0 Å². The van der Waals surface area contributed by atoms with Gasteiger partial charge in [0.1, 0.15) is 11.5 Å². The van der Waals surface area contributed by atoms with Crippen LogP contribution in [-0.2, 0) is 9.59 Å². The molecule has 2 aromatic carbocycles. The molecular formula is C31H34O3S. The fourth-order valence-corrected chi connectivity index (χ4v) is 9.34. The van der Waals surface area contributed by atoms with Gasteiger partial charge in [-0.1, -0.05) is 50.2 Å². The van der Waals surface area contributed by atoms with Crippen LogP contribution in [0.25, 0.3) is 0 Å². The van der Waals surface area contributed by atoms with E-state index in [1.165, 1.54) is 10.5 Å². The van der Waals surface area contributed by atoms with Gasteiger partial charge in [-0.2, -0.15) is 0 Å². The Morgan fingerprint density at radius 3 is 2.26 bits per heavy atom. The molecule has 2 aromatic rings. The van der Waals surface area contributed by atoms with Crippen LogP contribution >= 0.6 is 11.8 Å². The van der Waals surface area contributed by atoms with Crippen molar-refractivity contribution in [3.05, 3.63) is 72.0 Å². The first-order valence-electron chi connectivity index (χ1n) is 13.1. The zero-order valence-corrected chi connectivity index (χ0v) is 21.5. The molecule has 0 N–H and O–H groups in total. The topological polar surface area (TPSA) is 43.4 Å². The van der Waals surface area contributed by atoms with Crippen LogP contribution in [0.4, 0.5) is 0 Å². The second-order valence-corrected chi connectivity index (χ2v) is 12.8. The van der Waals surface area contributed by atoms with E-state index in [0.717, 1.165) is 44.3 Å². The zero-order chi connectivity index (χ0) is 24.2. The van der Waals surface area contributed by atoms with Crippen LogP contribution in [0.15, 0.2) is 76.9 Å². The second-order valence-electron chi connectivity index (χ2n) is 11.4. The zero-order valence-electron chi connectivity index (χ0n) is 20.7. The molecule has 35 heavy (non-hydrogen) atoms. The molecule has 0 saturated heterocycles. The summed E-state index contributed by atoms with van der Waals surface area (Å²) in [6.45, 7) is 4.64. The highest BCUT2D eigenvalue weighted by Crippen LogP contribution is 2.67. The SMILES string of the molecule is CC12CCC3C(C1CCC2=O)[C@H](Sc1ccccc1)CC1=C(Oc2ccccc2)C(=O)CCC13C. The number of benzene rings is 2. The maximum Gasteiger partial charge on any atom is 0.198 e. The molecule has 0 amide bonds. The first-order valence-corrected chi connectivity index (χ1v) is 14.0. The summed E-state index contributed by atoms with van der Waals surface area (Å²) >= 11 is 1.95. The summed E-state index contributed by atoms with van der Waals surface area (Å²) in [4.78, 5) is 27.6. The number of hydrogen-bond acceptors (Lipinski definition) is 4. The minimum Gasteiger partial charge on any atom is -0.454 e. The van der Waals surface area contributed by atoms with Crippen molar-refractivity contribution in [2.75, 3.05) is 0 Å². The maximum atomic E-state index is 13.3. The van der Waals surface area contributed by atoms with Crippen LogP contribution in [-0.4, -0.2) is 16.8 Å². The van der Waals surface area contributed by atoms with Crippen LogP contribution in [0.1, 0.15) is 58.8 Å². The Balaban J connectivity index is 1.45. The molecular weight excluding hydrogens is 452 g/mol. The van der Waals surface area contributed by atoms with Crippen LogP contribution in [0.2, 0.25) is 0 Å². The first-order chi connectivity index (χ1) is 16.9. The number of ether oxygens (including phenoxy) is 1. The van der Waals surface area contributed by atoms with Gasteiger partial charge in [0, 0.05) is 28.4 Å². The van der Waals surface area contributed by atoms with Crippen LogP contribution in [0.3, 0.4) is 0 Å². The quantitative estimate of drug-likeness (QED) is 0.456. The number of thioether (sulfide) groups is 1. The van der Waals surface area contributed by atoms with Gasteiger partial charge in [-0.3, -0.25) is 9.59 Å². The Kier molecular flexibility index (Phi) is 5.71. The van der Waals surface area contributed by atoms with Crippen molar-refractivity contribution in [3.8, 4) is 5.75 Å². The van der Waals surface area contributed by atoms with Crippen molar-refractivity contribution >= 4 is 23.3 Å². The van der Waals surface area contributed by atoms with Gasteiger partial charge in [0.25, 0.3) is 0 Å². The minimum atomic E-state index is -0.178. The fourth-order valence-electron chi connectivity index (χ4n) is 7.89. The van der Waals surface area contributed by atoms with Crippen LogP contribution in [0, 0.1) is 28.6 Å². The van der Waals surface area contributed by atoms with Crippen LogP contribution < -0.4 is 4.74 Å². The number of rotatable bonds is 4. The predicted molar refractivity (Wildman–Crippen MR) is 139 cm³/mol. The normalized spacial score (nSPS) is 36.4. The van der Waals surface area contributed by atoms with Gasteiger partial charge in [-0.05, 0) is 85.1 Å². The van der Waals surface area contributed by atoms with Crippen molar-refractivity contribution in [1.29, 1.82) is 0 Å². The Labute approximate surface area is 212 Å². The second kappa shape index (κ2) is 8.65. The molecule has 0 spiro atoms. The van der Waals surface area contributed by atoms with Gasteiger partial charge in [0.05, 0.1) is 0 Å². The van der Waals surface area contributed by atoms with Crippen molar-refractivity contribution in [1.82, 2.24) is 0 Å². The molecule has 0 radical (unpaired) electrons. The van der Waals surface area contributed by atoms with Gasteiger partial charge in [-0.15, -0.1) is 11.8 Å². The van der Waals surface area contributed by atoms with Crippen LogP contribution in [0.5, 0.6) is 5.75 Å². The number of carbonyl (C=O) groups is 2. The molecule has 3 saturated carbocycles. The lowest BCUT2D eigenvalue weighted by Crippen LogP contribution is -2.55. The predicted octanol–water partition coefficient (Wildman–Crippen LogP) is 7.26. The first kappa shape index (κ1) is 23.1. The highest BCUT2D eigenvalue weighted by atomic mass is 32.2. The van der Waals surface area contributed by atoms with E-state index in [9.17, 15) is 9.59 Å². The van der Waals surface area contributed by atoms with Gasteiger partial charge >= 0.3 is 0 Å². The molecule has 5 unspecified atom stereocenters. The number of ketones is 2. The smallest absolute Gasteiger partial charge is 0.198 e. The summed E-state index contributed by atoms with van der Waals surface area (Å²) in [5, 5.41) is 0.335. The molecule has 3 nitrogen and oxygen atoms in total. The van der Waals surface area contributed by atoms with Crippen molar-refractivity contribution in [2.24, 2.45) is 28.6 Å². The fraction of sp³-hybridized carbons (Fsp3) is 0.484. The van der Waals surface area contributed by atoms with E-state index in [-0.39, 0.29) is 16.6 Å². The van der Waals surface area contributed by atoms with Crippen molar-refractivity contribution < 1.29 is 14.3 Å². The van der Waals surface area contributed by atoms with E-state index in [2.05, 4.69) is 44.2 Å². The summed E-state index contributed by atoms with van der Waals surface area (Å²) in [6.07, 6.45) is 6.07. The third-order valence-electron chi connectivity index (χ3n) is 9.78. The average Bonchev–Trinajstić information content (AvgIpc) is 3.18. The number of Topliss-reactive ketones (excluding diaryl/α,β-unsaturated/α-hetero) is 2. The summed E-state index contributed by atoms with van der Waals surface area (Å²) in [7, 11) is 0. The number of fused-ring (bicyclic) bond motifs is 5. The molecule has 0 aromatic heterocycles. The highest BCUT2D eigenvalue weighted by molar-refractivity contribution is 8.00. The highest BCUT2D eigenvalue weighted by Gasteiger charge is 2.62. The van der Waals surface area contributed by atoms with Gasteiger partial charge in [0.2, 0.25) is 0 Å². The Bertz CT molecular complexity index is 1170. The molecule has 0 heterocycles. The molecule has 3 fully saturated rings. The Morgan fingerprint density at radius 2 is 1.51 bits per heavy atom. The van der Waals surface area contributed by atoms with E-state index in [4.69, 9.17) is 4.74 Å². The monoisotopic (exact) mass is 486 g/mol. The van der Waals surface area contributed by atoms with Crippen molar-refractivity contribution in [3.63, 3.8) is 0 Å². The number of allylic oxidation sites excluding steroid dienone is 1. The van der Waals surface area contributed by atoms with Crippen molar-refractivity contribution in [2.45, 2.75) is 68.9 Å². The largest absolute Gasteiger partial charge is 0.454 e.